The van der Waals surface area contributed by atoms with Crippen LogP contribution in [0.3, 0.4) is 0 Å². The van der Waals surface area contributed by atoms with E-state index in [1.807, 2.05) is 72.8 Å². The second-order valence-corrected chi connectivity index (χ2v) is 18.6. The Balaban J connectivity index is 0.000000446. The summed E-state index contributed by atoms with van der Waals surface area (Å²) in [6.07, 6.45) is 0. The van der Waals surface area contributed by atoms with E-state index in [1.54, 1.807) is 170 Å². The van der Waals surface area contributed by atoms with Crippen LogP contribution < -0.4 is 0 Å². The predicted molar refractivity (Wildman–Crippen MR) is 334 cm³/mol. The van der Waals surface area contributed by atoms with E-state index in [9.17, 15) is 0 Å². The topological polar surface area (TPSA) is 162 Å². The Hall–Kier alpha value is -9.40. The molecule has 10 aromatic rings. The molecule has 80 heavy (non-hydrogen) atoms. The van der Waals surface area contributed by atoms with Gasteiger partial charge in [0.05, 0.1) is 0 Å². The third kappa shape index (κ3) is 38.2. The van der Waals surface area contributed by atoms with Gasteiger partial charge in [-0.2, -0.15) is 0 Å². The van der Waals surface area contributed by atoms with Crippen LogP contribution in [-0.4, -0.2) is 40.9 Å². The van der Waals surface area contributed by atoms with Crippen molar-refractivity contribution >= 4 is 0 Å². The molecular formula is C72H84O8. The number of phenols is 8. The molecule has 0 fully saturated rings. The minimum Gasteiger partial charge on any atom is -0.508 e. The molecule has 0 aliphatic carbocycles. The first-order chi connectivity index (χ1) is 38.4. The van der Waals surface area contributed by atoms with Crippen LogP contribution in [0.25, 0.3) is 0 Å². The summed E-state index contributed by atoms with van der Waals surface area (Å²) < 4.78 is 0. The zero-order chi connectivity index (χ0) is 59.2. The fraction of sp³-hybridized carbons (Fsp3) is 0.167. The lowest BCUT2D eigenvalue weighted by molar-refractivity contribution is 0.474. The van der Waals surface area contributed by atoms with Gasteiger partial charge in [0.2, 0.25) is 0 Å². The van der Waals surface area contributed by atoms with E-state index in [2.05, 4.69) is 104 Å². The van der Waals surface area contributed by atoms with E-state index in [0.29, 0.717) is 69.7 Å². The lowest BCUT2D eigenvalue weighted by Crippen LogP contribution is -1.84. The summed E-state index contributed by atoms with van der Waals surface area (Å²) in [6, 6.07) is 88.0. The number of para-hydroxylation sites is 6. The number of aromatic hydroxyl groups is 8. The standard InChI is InChI=1S/2C9H12O.2C9H12.6C6H6O/c2*1-7(2)8-3-5-9(10)6-4-8;2*1-8(2)9-6-4-3-5-7-9;6*7-6-4-2-1-3-5-6/h2*3-7,10H,1-2H3;2*3-8H,1-2H3;6*1-5,7H. The van der Waals surface area contributed by atoms with Crippen molar-refractivity contribution in [1.82, 2.24) is 0 Å². The van der Waals surface area contributed by atoms with Crippen LogP contribution in [0.2, 0.25) is 0 Å². The second kappa shape index (κ2) is 43.7. The Morgan fingerprint density at radius 1 is 0.150 bits per heavy atom. The van der Waals surface area contributed by atoms with E-state index in [-0.39, 0.29) is 0 Å². The molecule has 0 radical (unpaired) electrons. The van der Waals surface area contributed by atoms with Gasteiger partial charge >= 0.3 is 0 Å². The molecule has 0 spiro atoms. The number of rotatable bonds is 4. The van der Waals surface area contributed by atoms with Crippen LogP contribution in [0.4, 0.5) is 0 Å². The molecule has 0 aromatic heterocycles. The van der Waals surface area contributed by atoms with Gasteiger partial charge in [-0.25, -0.2) is 0 Å². The summed E-state index contributed by atoms with van der Waals surface area (Å²) in [5.74, 6) is 5.01. The molecule has 0 bridgehead atoms. The number of phenolic OH excluding ortho intramolecular Hbond substituents is 8. The molecule has 0 saturated heterocycles. The van der Waals surface area contributed by atoms with Gasteiger partial charge in [0.1, 0.15) is 46.0 Å². The number of benzene rings is 10. The summed E-state index contributed by atoms with van der Waals surface area (Å²) in [6.45, 7) is 17.3. The molecule has 8 heteroatoms. The fourth-order valence-electron chi connectivity index (χ4n) is 5.96. The smallest absolute Gasteiger partial charge is 0.115 e. The highest BCUT2D eigenvalue weighted by atomic mass is 16.3. The van der Waals surface area contributed by atoms with Gasteiger partial charge in [-0.3, -0.25) is 0 Å². The Morgan fingerprint density at radius 3 is 0.362 bits per heavy atom. The molecule has 10 rings (SSSR count). The first-order valence-electron chi connectivity index (χ1n) is 26.5. The lowest BCUT2D eigenvalue weighted by atomic mass is 10.0. The van der Waals surface area contributed by atoms with Crippen molar-refractivity contribution in [3.05, 3.63) is 313 Å². The molecular weight excluding hydrogens is 993 g/mol. The summed E-state index contributed by atoms with van der Waals surface area (Å²) in [5.41, 5.74) is 5.35. The van der Waals surface area contributed by atoms with Gasteiger partial charge < -0.3 is 40.9 Å². The maximum Gasteiger partial charge on any atom is 0.115 e. The third-order valence-corrected chi connectivity index (χ3v) is 10.6. The van der Waals surface area contributed by atoms with E-state index in [4.69, 9.17) is 40.9 Å². The summed E-state index contributed by atoms with van der Waals surface area (Å²) in [7, 11) is 0. The minimum absolute atomic E-state index is 0.322. The van der Waals surface area contributed by atoms with Crippen LogP contribution >= 0.6 is 0 Å². The molecule has 0 unspecified atom stereocenters. The molecule has 0 aliphatic rings. The molecule has 8 N–H and O–H groups in total. The zero-order valence-corrected chi connectivity index (χ0v) is 47.6. The van der Waals surface area contributed by atoms with Crippen molar-refractivity contribution in [2.75, 3.05) is 0 Å². The lowest BCUT2D eigenvalue weighted by Gasteiger charge is -2.03. The summed E-state index contributed by atoms with van der Waals surface area (Å²) in [4.78, 5) is 0. The van der Waals surface area contributed by atoms with E-state index < -0.39 is 0 Å². The van der Waals surface area contributed by atoms with Crippen LogP contribution in [-0.2, 0) is 0 Å². The number of hydrogen-bond acceptors (Lipinski definition) is 8. The van der Waals surface area contributed by atoms with Crippen molar-refractivity contribution in [1.29, 1.82) is 0 Å². The monoisotopic (exact) mass is 1080 g/mol. The second-order valence-electron chi connectivity index (χ2n) is 18.6. The molecule has 0 atom stereocenters. The zero-order valence-electron chi connectivity index (χ0n) is 47.6. The summed E-state index contributed by atoms with van der Waals surface area (Å²) in [5, 5.41) is 69.7. The first-order valence-corrected chi connectivity index (χ1v) is 26.5. The van der Waals surface area contributed by atoms with Crippen LogP contribution in [0, 0.1) is 0 Å². The quantitative estimate of drug-likeness (QED) is 0.0864. The van der Waals surface area contributed by atoms with Gasteiger partial charge in [-0.1, -0.05) is 250 Å². The Labute approximate surface area is 477 Å². The maximum absolute atomic E-state index is 8.94. The highest BCUT2D eigenvalue weighted by molar-refractivity contribution is 5.29. The third-order valence-electron chi connectivity index (χ3n) is 10.6. The average molecular weight is 1080 g/mol. The van der Waals surface area contributed by atoms with Crippen molar-refractivity contribution in [2.45, 2.75) is 79.1 Å². The van der Waals surface area contributed by atoms with Gasteiger partial charge in [-0.15, -0.1) is 0 Å². The summed E-state index contributed by atoms with van der Waals surface area (Å²) >= 11 is 0. The maximum atomic E-state index is 8.94. The van der Waals surface area contributed by atoms with Gasteiger partial charge in [0.25, 0.3) is 0 Å². The van der Waals surface area contributed by atoms with Crippen molar-refractivity contribution in [3.8, 4) is 46.0 Å². The number of hydrogen-bond donors (Lipinski definition) is 8. The van der Waals surface area contributed by atoms with Crippen LogP contribution in [0.15, 0.2) is 291 Å². The van der Waals surface area contributed by atoms with Crippen molar-refractivity contribution < 1.29 is 40.9 Å². The van der Waals surface area contributed by atoms with E-state index >= 15 is 0 Å². The minimum atomic E-state index is 0.322. The van der Waals surface area contributed by atoms with Crippen molar-refractivity contribution in [2.24, 2.45) is 0 Å². The fourth-order valence-corrected chi connectivity index (χ4v) is 5.96. The molecule has 0 saturated carbocycles. The van der Waals surface area contributed by atoms with Crippen molar-refractivity contribution in [3.63, 3.8) is 0 Å². The molecule has 420 valence electrons. The van der Waals surface area contributed by atoms with Gasteiger partial charge in [-0.05, 0) is 143 Å². The average Bonchev–Trinajstić information content (AvgIpc) is 3.47. The largest absolute Gasteiger partial charge is 0.508 e. The highest BCUT2D eigenvalue weighted by Crippen LogP contribution is 2.19. The van der Waals surface area contributed by atoms with Gasteiger partial charge in [0, 0.05) is 0 Å². The molecule has 0 amide bonds. The van der Waals surface area contributed by atoms with Crippen LogP contribution in [0.5, 0.6) is 46.0 Å². The van der Waals surface area contributed by atoms with E-state index in [1.165, 1.54) is 22.3 Å². The Bertz CT molecular complexity index is 2510. The van der Waals surface area contributed by atoms with E-state index in [0.717, 1.165) is 0 Å². The molecule has 8 nitrogen and oxygen atoms in total. The molecule has 10 aromatic carbocycles. The normalized spacial score (nSPS) is 9.35. The predicted octanol–water partition coefficient (Wildman–Crippen LogP) is 19.0. The molecule has 0 heterocycles. The first kappa shape index (κ1) is 68.6. The molecule has 0 aliphatic heterocycles. The Morgan fingerprint density at radius 2 is 0.263 bits per heavy atom. The Kier molecular flexibility index (Phi) is 37.5. The van der Waals surface area contributed by atoms with Gasteiger partial charge in [0.15, 0.2) is 0 Å². The highest BCUT2D eigenvalue weighted by Gasteiger charge is 1.98. The van der Waals surface area contributed by atoms with Crippen LogP contribution in [0.1, 0.15) is 101 Å². The SMILES string of the molecule is CC(C)c1ccc(O)cc1.CC(C)c1ccc(O)cc1.CC(C)c1ccccc1.CC(C)c1ccccc1.Oc1ccccc1.Oc1ccccc1.Oc1ccccc1.Oc1ccccc1.Oc1ccccc1.Oc1ccccc1.